The molecular formula is C23H30N2O5S. The van der Waals surface area contributed by atoms with Gasteiger partial charge in [0.25, 0.3) is 5.91 Å². The van der Waals surface area contributed by atoms with Crippen LogP contribution >= 0.6 is 11.8 Å². The highest BCUT2D eigenvalue weighted by atomic mass is 32.2. The molecule has 168 valence electrons. The summed E-state index contributed by atoms with van der Waals surface area (Å²) in [6.07, 6.45) is 3.37. The minimum atomic E-state index is -0.488. The van der Waals surface area contributed by atoms with Crippen LogP contribution in [-0.4, -0.2) is 55.4 Å². The predicted molar refractivity (Wildman–Crippen MR) is 122 cm³/mol. The van der Waals surface area contributed by atoms with Crippen molar-refractivity contribution in [2.24, 2.45) is 0 Å². The van der Waals surface area contributed by atoms with Gasteiger partial charge in [0.15, 0.2) is 0 Å². The van der Waals surface area contributed by atoms with Crippen LogP contribution in [0.1, 0.15) is 44.4 Å². The van der Waals surface area contributed by atoms with Crippen LogP contribution in [0.15, 0.2) is 28.6 Å². The Morgan fingerprint density at radius 1 is 1.23 bits per heavy atom. The van der Waals surface area contributed by atoms with Crippen molar-refractivity contribution in [2.75, 3.05) is 27.7 Å². The van der Waals surface area contributed by atoms with Gasteiger partial charge in [-0.25, -0.2) is 0 Å². The van der Waals surface area contributed by atoms with Crippen molar-refractivity contribution in [3.63, 3.8) is 0 Å². The molecule has 0 aliphatic carbocycles. The molecule has 1 aliphatic heterocycles. The highest BCUT2D eigenvalue weighted by Gasteiger charge is 2.26. The first-order valence-electron chi connectivity index (χ1n) is 9.85. The molecule has 0 spiro atoms. The van der Waals surface area contributed by atoms with Crippen LogP contribution in [0.25, 0.3) is 6.08 Å². The van der Waals surface area contributed by atoms with Crippen LogP contribution in [0.3, 0.4) is 0 Å². The van der Waals surface area contributed by atoms with E-state index in [9.17, 15) is 14.4 Å². The van der Waals surface area contributed by atoms with E-state index < -0.39 is 5.97 Å². The van der Waals surface area contributed by atoms with Gasteiger partial charge in [0.1, 0.15) is 12.3 Å². The summed E-state index contributed by atoms with van der Waals surface area (Å²) < 4.78 is 10.3. The number of hydrogen-bond donors (Lipinski definition) is 0. The molecule has 0 bridgehead atoms. The number of benzene rings is 1. The van der Waals surface area contributed by atoms with E-state index in [2.05, 4.69) is 4.74 Å². The van der Waals surface area contributed by atoms with Crippen LogP contribution < -0.4 is 4.74 Å². The second-order valence-electron chi connectivity index (χ2n) is 8.56. The number of hydrogen-bond acceptors (Lipinski definition) is 7. The Labute approximate surface area is 188 Å². The van der Waals surface area contributed by atoms with Crippen LogP contribution in [-0.2, 0) is 31.1 Å². The third-order valence-electron chi connectivity index (χ3n) is 4.46. The lowest BCUT2D eigenvalue weighted by Crippen LogP contribution is -2.33. The maximum absolute atomic E-state index is 12.8. The van der Waals surface area contributed by atoms with Crippen molar-refractivity contribution in [1.82, 2.24) is 9.80 Å². The quantitative estimate of drug-likeness (QED) is 0.376. The maximum atomic E-state index is 12.8. The Hall–Kier alpha value is -2.58. The molecule has 1 aromatic carbocycles. The molecule has 0 saturated heterocycles. The van der Waals surface area contributed by atoms with Gasteiger partial charge in [-0.2, -0.15) is 0 Å². The van der Waals surface area contributed by atoms with E-state index in [1.807, 2.05) is 51.9 Å². The van der Waals surface area contributed by atoms with Gasteiger partial charge in [-0.15, -0.1) is 0 Å². The number of nitrogens with zero attached hydrogens (tertiary/aromatic N) is 2. The standard InChI is InChI=1S/C23H30N2O5S/c1-15(26)30-21-17(13-24(5)6)10-16(11-18(21)23(2,3)4)12-19-22(28)25(8-9-31-19)14-20(27)29-7/h8-12H,13-14H2,1-7H3. The van der Waals surface area contributed by atoms with Gasteiger partial charge >= 0.3 is 11.9 Å². The molecule has 1 amide bonds. The van der Waals surface area contributed by atoms with Crippen LogP contribution in [0.4, 0.5) is 0 Å². The summed E-state index contributed by atoms with van der Waals surface area (Å²) in [7, 11) is 5.17. The lowest BCUT2D eigenvalue weighted by Gasteiger charge is -2.26. The van der Waals surface area contributed by atoms with Crippen molar-refractivity contribution in [1.29, 1.82) is 0 Å². The number of carbonyl (C=O) groups excluding carboxylic acids is 3. The van der Waals surface area contributed by atoms with Gasteiger partial charge in [0.2, 0.25) is 0 Å². The first-order valence-corrected chi connectivity index (χ1v) is 10.7. The summed E-state index contributed by atoms with van der Waals surface area (Å²) in [6.45, 7) is 7.96. The van der Waals surface area contributed by atoms with Crippen molar-refractivity contribution >= 4 is 35.7 Å². The van der Waals surface area contributed by atoms with Crippen molar-refractivity contribution in [3.8, 4) is 5.75 Å². The minimum Gasteiger partial charge on any atom is -0.468 e. The fourth-order valence-electron chi connectivity index (χ4n) is 3.09. The highest BCUT2D eigenvalue weighted by molar-refractivity contribution is 8.06. The molecule has 0 atom stereocenters. The Bertz CT molecular complexity index is 929. The van der Waals surface area contributed by atoms with Crippen LogP contribution in [0.2, 0.25) is 0 Å². The van der Waals surface area contributed by atoms with Crippen LogP contribution in [0.5, 0.6) is 5.75 Å². The van der Waals surface area contributed by atoms with Gasteiger partial charge in [-0.1, -0.05) is 32.5 Å². The number of carbonyl (C=O) groups is 3. The molecule has 0 unspecified atom stereocenters. The number of methoxy groups -OCH3 is 1. The summed E-state index contributed by atoms with van der Waals surface area (Å²) in [5.41, 5.74) is 2.27. The van der Waals surface area contributed by atoms with E-state index in [-0.39, 0.29) is 23.8 Å². The molecule has 2 rings (SSSR count). The summed E-state index contributed by atoms with van der Waals surface area (Å²) >= 11 is 1.29. The molecule has 1 heterocycles. The van der Waals surface area contributed by atoms with E-state index in [4.69, 9.17) is 4.74 Å². The average Bonchev–Trinajstić information content (AvgIpc) is 2.65. The Morgan fingerprint density at radius 2 is 1.90 bits per heavy atom. The third-order valence-corrected chi connectivity index (χ3v) is 5.27. The number of thioether (sulfide) groups is 1. The second-order valence-corrected chi connectivity index (χ2v) is 9.51. The fourth-order valence-corrected chi connectivity index (χ4v) is 3.87. The predicted octanol–water partition coefficient (Wildman–Crippen LogP) is 3.53. The van der Waals surface area contributed by atoms with Crippen LogP contribution in [0, 0.1) is 0 Å². The topological polar surface area (TPSA) is 76.2 Å². The van der Waals surface area contributed by atoms with E-state index in [0.29, 0.717) is 17.2 Å². The molecule has 0 radical (unpaired) electrons. The zero-order valence-electron chi connectivity index (χ0n) is 19.1. The molecule has 0 aromatic heterocycles. The van der Waals surface area contributed by atoms with Crippen molar-refractivity contribution in [2.45, 2.75) is 39.7 Å². The Morgan fingerprint density at radius 3 is 2.45 bits per heavy atom. The summed E-state index contributed by atoms with van der Waals surface area (Å²) in [6, 6.07) is 3.87. The average molecular weight is 447 g/mol. The van der Waals surface area contributed by atoms with Gasteiger partial charge < -0.3 is 19.3 Å². The van der Waals surface area contributed by atoms with Gasteiger partial charge in [-0.05, 0) is 48.7 Å². The lowest BCUT2D eigenvalue weighted by molar-refractivity contribution is -0.144. The third kappa shape index (κ3) is 6.70. The molecule has 0 saturated carbocycles. The minimum absolute atomic E-state index is 0.145. The first kappa shape index (κ1) is 24.7. The molecule has 1 aromatic rings. The fraction of sp³-hybridized carbons (Fsp3) is 0.435. The highest BCUT2D eigenvalue weighted by Crippen LogP contribution is 2.37. The summed E-state index contributed by atoms with van der Waals surface area (Å²) in [5.74, 6) is -0.574. The van der Waals surface area contributed by atoms with Crippen molar-refractivity contribution in [3.05, 3.63) is 45.3 Å². The first-order chi connectivity index (χ1) is 14.4. The molecule has 0 fully saturated rings. The number of amides is 1. The number of esters is 2. The monoisotopic (exact) mass is 446 g/mol. The smallest absolute Gasteiger partial charge is 0.325 e. The second kappa shape index (κ2) is 10.2. The largest absolute Gasteiger partial charge is 0.468 e. The number of rotatable bonds is 6. The molecule has 0 N–H and O–H groups in total. The van der Waals surface area contributed by atoms with Gasteiger partial charge in [0, 0.05) is 30.8 Å². The summed E-state index contributed by atoms with van der Waals surface area (Å²) in [5, 5.41) is 1.76. The van der Waals surface area contributed by atoms with E-state index in [1.165, 1.54) is 30.7 Å². The van der Waals surface area contributed by atoms with E-state index >= 15 is 0 Å². The zero-order valence-corrected chi connectivity index (χ0v) is 20.0. The van der Waals surface area contributed by atoms with Crippen molar-refractivity contribution < 1.29 is 23.9 Å². The Balaban J connectivity index is 2.55. The SMILES string of the molecule is COC(=O)CN1C=CSC(=Cc2cc(CN(C)C)c(OC(C)=O)c(C(C)(C)C)c2)C1=O. The van der Waals surface area contributed by atoms with E-state index in [1.54, 1.807) is 17.7 Å². The van der Waals surface area contributed by atoms with Gasteiger partial charge in [-0.3, -0.25) is 14.4 Å². The molecule has 1 aliphatic rings. The molecule has 7 nitrogen and oxygen atoms in total. The molecular weight excluding hydrogens is 416 g/mol. The summed E-state index contributed by atoms with van der Waals surface area (Å²) in [4.78, 5) is 40.0. The Kier molecular flexibility index (Phi) is 8.08. The maximum Gasteiger partial charge on any atom is 0.325 e. The number of ether oxygens (including phenoxy) is 2. The van der Waals surface area contributed by atoms with Gasteiger partial charge in [0.05, 0.1) is 12.0 Å². The molecule has 8 heteroatoms. The van der Waals surface area contributed by atoms with E-state index in [0.717, 1.165) is 16.7 Å². The normalized spacial score (nSPS) is 15.5. The molecule has 31 heavy (non-hydrogen) atoms. The zero-order chi connectivity index (χ0) is 23.3. The lowest BCUT2D eigenvalue weighted by atomic mass is 9.83.